The smallest absolute Gasteiger partial charge is 0.316 e. The number of nitrogens with zero attached hydrogens (tertiary/aromatic N) is 2. The summed E-state index contributed by atoms with van der Waals surface area (Å²) in [6, 6.07) is 5.66. The van der Waals surface area contributed by atoms with E-state index >= 15 is 0 Å². The Labute approximate surface area is 171 Å². The molecule has 0 fully saturated rings. The Morgan fingerprint density at radius 2 is 2.18 bits per heavy atom. The summed E-state index contributed by atoms with van der Waals surface area (Å²) in [5, 5.41) is 10.8. The summed E-state index contributed by atoms with van der Waals surface area (Å²) >= 11 is 2.39. The summed E-state index contributed by atoms with van der Waals surface area (Å²) in [7, 11) is 0. The van der Waals surface area contributed by atoms with E-state index in [2.05, 4.69) is 15.5 Å². The zero-order chi connectivity index (χ0) is 20.1. The van der Waals surface area contributed by atoms with Crippen LogP contribution in [0.5, 0.6) is 11.5 Å². The van der Waals surface area contributed by atoms with Crippen molar-refractivity contribution in [3.8, 4) is 11.5 Å². The Balaban J connectivity index is 1.50. The fraction of sp³-hybridized carbons (Fsp3) is 0.444. The maximum Gasteiger partial charge on any atom is 0.316 e. The molecule has 1 amide bonds. The van der Waals surface area contributed by atoms with Gasteiger partial charge in [0, 0.05) is 12.0 Å². The second-order valence-electron chi connectivity index (χ2n) is 6.59. The molecule has 0 saturated heterocycles. The molecule has 0 atom stereocenters. The van der Waals surface area contributed by atoms with Crippen LogP contribution >= 0.6 is 23.1 Å². The van der Waals surface area contributed by atoms with E-state index in [9.17, 15) is 9.59 Å². The van der Waals surface area contributed by atoms with Crippen molar-refractivity contribution in [2.45, 2.75) is 37.1 Å². The third-order valence-corrected chi connectivity index (χ3v) is 5.63. The van der Waals surface area contributed by atoms with Crippen LogP contribution in [0.1, 0.15) is 26.3 Å². The molecule has 8 nitrogen and oxygen atoms in total. The number of hydrogen-bond donors (Lipinski definition) is 1. The third-order valence-electron chi connectivity index (χ3n) is 3.69. The summed E-state index contributed by atoms with van der Waals surface area (Å²) < 4.78 is 17.0. The molecule has 10 heteroatoms. The number of amides is 1. The van der Waals surface area contributed by atoms with E-state index in [1.165, 1.54) is 23.1 Å². The van der Waals surface area contributed by atoms with Crippen LogP contribution in [0.25, 0.3) is 0 Å². The fourth-order valence-corrected chi connectivity index (χ4v) is 4.21. The number of rotatable bonds is 8. The Morgan fingerprint density at radius 1 is 1.36 bits per heavy atom. The maximum atomic E-state index is 12.2. The summed E-state index contributed by atoms with van der Waals surface area (Å²) in [4.78, 5) is 23.5. The van der Waals surface area contributed by atoms with Gasteiger partial charge in [-0.1, -0.05) is 35.2 Å². The molecule has 0 bridgehead atoms. The molecule has 28 heavy (non-hydrogen) atoms. The number of fused-ring (bicyclic) bond motifs is 1. The van der Waals surface area contributed by atoms with Crippen molar-refractivity contribution in [2.75, 3.05) is 24.3 Å². The number of benzene rings is 1. The van der Waals surface area contributed by atoms with Gasteiger partial charge in [-0.3, -0.25) is 14.9 Å². The first-order chi connectivity index (χ1) is 13.4. The van der Waals surface area contributed by atoms with Crippen LogP contribution in [0.4, 0.5) is 5.13 Å². The molecule has 0 aliphatic carbocycles. The number of aromatic nitrogens is 2. The molecule has 1 aromatic carbocycles. The molecule has 2 aromatic rings. The van der Waals surface area contributed by atoms with Crippen LogP contribution < -0.4 is 14.8 Å². The summed E-state index contributed by atoms with van der Waals surface area (Å²) in [6.07, 6.45) is 0.794. The van der Waals surface area contributed by atoms with Crippen molar-refractivity contribution in [1.82, 2.24) is 10.2 Å². The van der Waals surface area contributed by atoms with E-state index in [4.69, 9.17) is 14.2 Å². The molecule has 0 radical (unpaired) electrons. The van der Waals surface area contributed by atoms with Gasteiger partial charge in [0.2, 0.25) is 5.13 Å². The first-order valence-corrected chi connectivity index (χ1v) is 10.5. The molecular formula is C18H21N3O5S2. The first-order valence-electron chi connectivity index (χ1n) is 8.72. The van der Waals surface area contributed by atoms with Crippen LogP contribution in [0.15, 0.2) is 22.5 Å². The van der Waals surface area contributed by atoms with Crippen LogP contribution in [-0.4, -0.2) is 46.6 Å². The van der Waals surface area contributed by atoms with Crippen molar-refractivity contribution >= 4 is 40.1 Å². The van der Waals surface area contributed by atoms with Gasteiger partial charge in [-0.25, -0.2) is 0 Å². The van der Waals surface area contributed by atoms with Crippen molar-refractivity contribution in [1.29, 1.82) is 0 Å². The summed E-state index contributed by atoms with van der Waals surface area (Å²) in [5.74, 6) is 0.708. The zero-order valence-corrected chi connectivity index (χ0v) is 17.4. The van der Waals surface area contributed by atoms with Gasteiger partial charge in [-0.05, 0) is 26.8 Å². The third kappa shape index (κ3) is 5.35. The van der Waals surface area contributed by atoms with Crippen LogP contribution in [-0.2, 0) is 20.7 Å². The lowest BCUT2D eigenvalue weighted by Gasteiger charge is -2.18. The normalized spacial score (nSPS) is 14.1. The minimum Gasteiger partial charge on any atom is -0.483 e. The average Bonchev–Trinajstić information content (AvgIpc) is 3.20. The number of carbonyl (C=O) groups excluding carboxylic acids is 2. The van der Waals surface area contributed by atoms with Crippen molar-refractivity contribution in [3.63, 3.8) is 0 Å². The monoisotopic (exact) mass is 423 g/mol. The minimum absolute atomic E-state index is 0.148. The average molecular weight is 424 g/mol. The molecule has 3 rings (SSSR count). The number of nitrogens with one attached hydrogen (secondary N) is 1. The quantitative estimate of drug-likeness (QED) is 0.393. The molecule has 1 aliphatic rings. The topological polar surface area (TPSA) is 99.6 Å². The van der Waals surface area contributed by atoms with Gasteiger partial charge in [0.15, 0.2) is 22.4 Å². The molecular weight excluding hydrogens is 402 g/mol. The zero-order valence-electron chi connectivity index (χ0n) is 15.8. The van der Waals surface area contributed by atoms with E-state index < -0.39 is 0 Å². The van der Waals surface area contributed by atoms with E-state index in [1.807, 2.05) is 26.0 Å². The van der Waals surface area contributed by atoms with Crippen molar-refractivity contribution < 1.29 is 23.8 Å². The number of para-hydroxylation sites is 1. The van der Waals surface area contributed by atoms with Crippen LogP contribution in [0.3, 0.4) is 0 Å². The predicted molar refractivity (Wildman–Crippen MR) is 106 cm³/mol. The van der Waals surface area contributed by atoms with E-state index in [0.717, 1.165) is 12.0 Å². The first kappa shape index (κ1) is 20.4. The summed E-state index contributed by atoms with van der Waals surface area (Å²) in [6.45, 7) is 5.93. The molecule has 1 N–H and O–H groups in total. The van der Waals surface area contributed by atoms with Gasteiger partial charge in [-0.2, -0.15) is 0 Å². The SMILES string of the molecule is CCOC(=O)CSc1nnc(NC(=O)COc2cccc3c2OC(C)(C)C3)s1. The van der Waals surface area contributed by atoms with E-state index in [1.54, 1.807) is 13.0 Å². The molecule has 0 saturated carbocycles. The van der Waals surface area contributed by atoms with Gasteiger partial charge >= 0.3 is 5.97 Å². The van der Waals surface area contributed by atoms with Gasteiger partial charge in [0.05, 0.1) is 12.4 Å². The predicted octanol–water partition coefficient (Wildman–Crippen LogP) is 2.92. The molecule has 0 unspecified atom stereocenters. The number of ether oxygens (including phenoxy) is 3. The highest BCUT2D eigenvalue weighted by Crippen LogP contribution is 2.41. The molecule has 0 spiro atoms. The molecule has 1 aromatic heterocycles. The maximum absolute atomic E-state index is 12.2. The lowest BCUT2D eigenvalue weighted by Crippen LogP contribution is -2.25. The van der Waals surface area contributed by atoms with Gasteiger partial charge in [0.25, 0.3) is 5.91 Å². The van der Waals surface area contributed by atoms with Crippen molar-refractivity contribution in [2.24, 2.45) is 0 Å². The number of anilines is 1. The molecule has 150 valence electrons. The number of hydrogen-bond acceptors (Lipinski definition) is 9. The van der Waals surface area contributed by atoms with Crippen molar-refractivity contribution in [3.05, 3.63) is 23.8 Å². The summed E-state index contributed by atoms with van der Waals surface area (Å²) in [5.41, 5.74) is 0.782. The Kier molecular flexibility index (Phi) is 6.40. The fourth-order valence-electron chi connectivity index (χ4n) is 2.64. The molecule has 2 heterocycles. The lowest BCUT2D eigenvalue weighted by molar-refractivity contribution is -0.139. The number of thioether (sulfide) groups is 1. The number of carbonyl (C=O) groups is 2. The highest BCUT2D eigenvalue weighted by atomic mass is 32.2. The Bertz CT molecular complexity index is 869. The highest BCUT2D eigenvalue weighted by molar-refractivity contribution is 8.01. The van der Waals surface area contributed by atoms with Crippen LogP contribution in [0.2, 0.25) is 0 Å². The van der Waals surface area contributed by atoms with Gasteiger partial charge in [-0.15, -0.1) is 10.2 Å². The minimum atomic E-state index is -0.354. The van der Waals surface area contributed by atoms with Gasteiger partial charge < -0.3 is 14.2 Å². The second kappa shape index (κ2) is 8.78. The Morgan fingerprint density at radius 3 is 2.96 bits per heavy atom. The lowest BCUT2D eigenvalue weighted by atomic mass is 10.0. The van der Waals surface area contributed by atoms with Crippen LogP contribution in [0, 0.1) is 0 Å². The van der Waals surface area contributed by atoms with E-state index in [-0.39, 0.29) is 29.8 Å². The number of esters is 1. The Hall–Kier alpha value is -2.33. The highest BCUT2D eigenvalue weighted by Gasteiger charge is 2.32. The molecule has 1 aliphatic heterocycles. The standard InChI is InChI=1S/C18H21N3O5S2/c1-4-24-14(23)10-27-17-21-20-16(28-17)19-13(22)9-25-12-7-5-6-11-8-18(2,3)26-15(11)12/h5-7H,4,8-10H2,1-3H3,(H,19,20,22). The second-order valence-corrected chi connectivity index (χ2v) is 8.79. The van der Waals surface area contributed by atoms with Gasteiger partial charge in [0.1, 0.15) is 5.60 Å². The van der Waals surface area contributed by atoms with E-state index in [0.29, 0.717) is 27.6 Å². The largest absolute Gasteiger partial charge is 0.483 e.